The summed E-state index contributed by atoms with van der Waals surface area (Å²) in [6.45, 7) is 3.14. The van der Waals surface area contributed by atoms with Gasteiger partial charge in [-0.05, 0) is 25.5 Å². The first-order chi connectivity index (χ1) is 9.20. The van der Waals surface area contributed by atoms with Gasteiger partial charge in [0.15, 0.2) is 0 Å². The Kier molecular flexibility index (Phi) is 4.99. The maximum absolute atomic E-state index is 5.98. The Hall–Kier alpha value is -0.870. The van der Waals surface area contributed by atoms with E-state index in [4.69, 9.17) is 4.74 Å². The van der Waals surface area contributed by atoms with Crippen LogP contribution >= 0.6 is 0 Å². The van der Waals surface area contributed by atoms with Gasteiger partial charge in [0.25, 0.3) is 0 Å². The van der Waals surface area contributed by atoms with E-state index < -0.39 is 0 Å². The first-order valence-electron chi connectivity index (χ1n) is 7.47. The smallest absolute Gasteiger partial charge is 0.0834 e. The molecule has 1 atom stereocenters. The van der Waals surface area contributed by atoms with Crippen LogP contribution < -0.4 is 5.32 Å². The van der Waals surface area contributed by atoms with Crippen molar-refractivity contribution >= 4 is 0 Å². The number of ether oxygens (including phenoxy) is 1. The number of likely N-dealkylation sites (N-methyl/N-ethyl adjacent to an activating group) is 1. The molecule has 0 spiro atoms. The van der Waals surface area contributed by atoms with Crippen LogP contribution in [0.5, 0.6) is 0 Å². The van der Waals surface area contributed by atoms with Gasteiger partial charge in [0.05, 0.1) is 11.3 Å². The number of aryl methyl sites for hydroxylation is 1. The van der Waals surface area contributed by atoms with Crippen LogP contribution in [0.25, 0.3) is 0 Å². The summed E-state index contributed by atoms with van der Waals surface area (Å²) in [7, 11) is 3.84. The molecule has 1 N–H and O–H groups in total. The summed E-state index contributed by atoms with van der Waals surface area (Å²) in [6, 6.07) is 2.47. The quantitative estimate of drug-likeness (QED) is 0.858. The fourth-order valence-corrected chi connectivity index (χ4v) is 3.32. The molecule has 4 heteroatoms. The maximum atomic E-state index is 5.98. The average Bonchev–Trinajstić information content (AvgIpc) is 2.84. The fourth-order valence-electron chi connectivity index (χ4n) is 3.32. The van der Waals surface area contributed by atoms with Gasteiger partial charge in [0.2, 0.25) is 0 Å². The lowest BCUT2D eigenvalue weighted by Gasteiger charge is -2.42. The van der Waals surface area contributed by atoms with E-state index in [0.29, 0.717) is 6.04 Å². The summed E-state index contributed by atoms with van der Waals surface area (Å²) in [4.78, 5) is 0. The van der Waals surface area contributed by atoms with E-state index in [1.54, 1.807) is 0 Å². The zero-order valence-corrected chi connectivity index (χ0v) is 12.5. The normalized spacial score (nSPS) is 20.4. The van der Waals surface area contributed by atoms with Gasteiger partial charge in [0.1, 0.15) is 0 Å². The third kappa shape index (κ3) is 3.37. The Morgan fingerprint density at radius 2 is 2.16 bits per heavy atom. The van der Waals surface area contributed by atoms with Gasteiger partial charge in [-0.1, -0.05) is 26.2 Å². The summed E-state index contributed by atoms with van der Waals surface area (Å²) in [5.41, 5.74) is 1.14. The number of hydrogen-bond donors (Lipinski definition) is 1. The lowest BCUT2D eigenvalue weighted by Crippen LogP contribution is -2.54. The number of methoxy groups -OCH3 is 1. The van der Waals surface area contributed by atoms with Crippen LogP contribution in [-0.4, -0.2) is 35.1 Å². The van der Waals surface area contributed by atoms with Crippen molar-refractivity contribution < 1.29 is 4.74 Å². The summed E-state index contributed by atoms with van der Waals surface area (Å²) >= 11 is 0. The molecule has 4 nitrogen and oxygen atoms in total. The van der Waals surface area contributed by atoms with Gasteiger partial charge < -0.3 is 10.1 Å². The highest BCUT2D eigenvalue weighted by Gasteiger charge is 2.39. The van der Waals surface area contributed by atoms with Gasteiger partial charge in [0, 0.05) is 32.8 Å². The molecule has 0 bridgehead atoms. The summed E-state index contributed by atoms with van der Waals surface area (Å²) in [6.07, 6.45) is 9.17. The van der Waals surface area contributed by atoms with Crippen LogP contribution in [0.15, 0.2) is 12.3 Å². The van der Waals surface area contributed by atoms with Crippen molar-refractivity contribution in [1.29, 1.82) is 0 Å². The van der Waals surface area contributed by atoms with E-state index in [9.17, 15) is 0 Å². The van der Waals surface area contributed by atoms with Crippen LogP contribution in [0, 0.1) is 0 Å². The molecule has 0 radical (unpaired) electrons. The highest BCUT2D eigenvalue weighted by molar-refractivity contribution is 5.06. The minimum Gasteiger partial charge on any atom is -0.377 e. The lowest BCUT2D eigenvalue weighted by atomic mass is 9.77. The zero-order valence-electron chi connectivity index (χ0n) is 12.5. The Morgan fingerprint density at radius 3 is 2.68 bits per heavy atom. The number of aromatic nitrogens is 2. The van der Waals surface area contributed by atoms with Crippen molar-refractivity contribution in [3.63, 3.8) is 0 Å². The molecule has 1 unspecified atom stereocenters. The number of rotatable bonds is 6. The van der Waals surface area contributed by atoms with Crippen molar-refractivity contribution in [2.75, 3.05) is 13.7 Å². The zero-order chi connectivity index (χ0) is 13.7. The molecule has 0 amide bonds. The second-order valence-electron chi connectivity index (χ2n) is 5.62. The third-order valence-corrected chi connectivity index (χ3v) is 4.37. The van der Waals surface area contributed by atoms with Gasteiger partial charge in [-0.2, -0.15) is 5.10 Å². The monoisotopic (exact) mass is 265 g/mol. The number of nitrogens with zero attached hydrogens (tertiary/aromatic N) is 2. The third-order valence-electron chi connectivity index (χ3n) is 4.37. The van der Waals surface area contributed by atoms with E-state index in [-0.39, 0.29) is 5.60 Å². The predicted octanol–water partition coefficient (Wildman–Crippen LogP) is 2.29. The van der Waals surface area contributed by atoms with Gasteiger partial charge in [-0.25, -0.2) is 0 Å². The molecule has 2 rings (SSSR count). The molecular weight excluding hydrogens is 238 g/mol. The molecule has 1 aliphatic rings. The maximum Gasteiger partial charge on any atom is 0.0834 e. The van der Waals surface area contributed by atoms with Crippen LogP contribution in [-0.2, 0) is 18.2 Å². The van der Waals surface area contributed by atoms with Crippen LogP contribution in [0.2, 0.25) is 0 Å². The second kappa shape index (κ2) is 6.53. The van der Waals surface area contributed by atoms with E-state index >= 15 is 0 Å². The summed E-state index contributed by atoms with van der Waals surface area (Å²) < 4.78 is 7.85. The van der Waals surface area contributed by atoms with Gasteiger partial charge in [-0.15, -0.1) is 0 Å². The highest BCUT2D eigenvalue weighted by Crippen LogP contribution is 2.35. The van der Waals surface area contributed by atoms with Crippen molar-refractivity contribution in [3.8, 4) is 0 Å². The van der Waals surface area contributed by atoms with Crippen LogP contribution in [0.4, 0.5) is 0 Å². The van der Waals surface area contributed by atoms with E-state index in [2.05, 4.69) is 23.4 Å². The Balaban J connectivity index is 2.12. The standard InChI is InChI=1S/C15H27N3O/c1-4-16-14(12-13-8-11-18(2)17-13)15(19-3)9-6-5-7-10-15/h8,11,14,16H,4-7,9-10,12H2,1-3H3. The second-order valence-corrected chi connectivity index (χ2v) is 5.62. The first-order valence-corrected chi connectivity index (χ1v) is 7.47. The Morgan fingerprint density at radius 1 is 1.42 bits per heavy atom. The van der Waals surface area contributed by atoms with E-state index in [0.717, 1.165) is 31.5 Å². The molecule has 1 saturated carbocycles. The molecular formula is C15H27N3O. The molecule has 0 saturated heterocycles. The first kappa shape index (κ1) is 14.5. The molecule has 108 valence electrons. The molecule has 1 aliphatic carbocycles. The number of hydrogen-bond acceptors (Lipinski definition) is 3. The molecule has 19 heavy (non-hydrogen) atoms. The average molecular weight is 265 g/mol. The van der Waals surface area contributed by atoms with Gasteiger partial charge >= 0.3 is 0 Å². The predicted molar refractivity (Wildman–Crippen MR) is 77.2 cm³/mol. The molecule has 1 aromatic rings. The lowest BCUT2D eigenvalue weighted by molar-refractivity contribution is -0.0671. The van der Waals surface area contributed by atoms with Crippen molar-refractivity contribution in [3.05, 3.63) is 18.0 Å². The SMILES string of the molecule is CCNC(Cc1ccn(C)n1)C1(OC)CCCCC1. The minimum absolute atomic E-state index is 0.00815. The molecule has 0 aromatic carbocycles. The summed E-state index contributed by atoms with van der Waals surface area (Å²) in [5, 5.41) is 8.14. The molecule has 1 aromatic heterocycles. The van der Waals surface area contributed by atoms with Gasteiger partial charge in [-0.3, -0.25) is 4.68 Å². The van der Waals surface area contributed by atoms with Crippen LogP contribution in [0.3, 0.4) is 0 Å². The molecule has 1 fully saturated rings. The minimum atomic E-state index is -0.00815. The van der Waals surface area contributed by atoms with E-state index in [1.807, 2.05) is 25.0 Å². The molecule has 0 aliphatic heterocycles. The number of nitrogens with one attached hydrogen (secondary N) is 1. The fraction of sp³-hybridized carbons (Fsp3) is 0.800. The van der Waals surface area contributed by atoms with Crippen molar-refractivity contribution in [1.82, 2.24) is 15.1 Å². The van der Waals surface area contributed by atoms with Crippen molar-refractivity contribution in [2.45, 2.75) is 57.1 Å². The van der Waals surface area contributed by atoms with Crippen molar-refractivity contribution in [2.24, 2.45) is 7.05 Å². The molecule has 1 heterocycles. The topological polar surface area (TPSA) is 39.1 Å². The Labute approximate surface area is 116 Å². The van der Waals surface area contributed by atoms with E-state index in [1.165, 1.54) is 19.3 Å². The Bertz CT molecular complexity index is 382. The highest BCUT2D eigenvalue weighted by atomic mass is 16.5. The largest absolute Gasteiger partial charge is 0.377 e. The summed E-state index contributed by atoms with van der Waals surface area (Å²) in [5.74, 6) is 0. The van der Waals surface area contributed by atoms with Crippen LogP contribution in [0.1, 0.15) is 44.7 Å².